The summed E-state index contributed by atoms with van der Waals surface area (Å²) in [7, 11) is 0. The molecule has 2 aromatic heterocycles. The van der Waals surface area contributed by atoms with E-state index in [0.717, 1.165) is 16.6 Å². The molecule has 4 nitrogen and oxygen atoms in total. The molecule has 0 unspecified atom stereocenters. The van der Waals surface area contributed by atoms with Gasteiger partial charge in [0, 0.05) is 11.8 Å². The topological polar surface area (TPSA) is 54.5 Å². The predicted octanol–water partition coefficient (Wildman–Crippen LogP) is 1.48. The first-order valence-electron chi connectivity index (χ1n) is 3.93. The molecule has 0 amide bonds. The Balaban J connectivity index is 2.73. The van der Waals surface area contributed by atoms with Gasteiger partial charge in [0.05, 0.1) is 6.20 Å². The van der Waals surface area contributed by atoms with Crippen molar-refractivity contribution in [2.75, 3.05) is 0 Å². The van der Waals surface area contributed by atoms with Crippen molar-refractivity contribution in [2.45, 2.75) is 19.8 Å². The summed E-state index contributed by atoms with van der Waals surface area (Å²) in [6, 6.07) is 0. The number of aromatic amines is 1. The van der Waals surface area contributed by atoms with Crippen LogP contribution in [-0.2, 0) is 0 Å². The second kappa shape index (κ2) is 2.55. The zero-order valence-corrected chi connectivity index (χ0v) is 7.07. The minimum Gasteiger partial charge on any atom is -0.262 e. The van der Waals surface area contributed by atoms with E-state index in [1.165, 1.54) is 0 Å². The maximum Gasteiger partial charge on any atom is 0.131 e. The zero-order valence-electron chi connectivity index (χ0n) is 7.07. The van der Waals surface area contributed by atoms with Crippen LogP contribution in [0.25, 0.3) is 11.0 Å². The van der Waals surface area contributed by atoms with E-state index in [0.29, 0.717) is 5.92 Å². The fourth-order valence-corrected chi connectivity index (χ4v) is 1.21. The van der Waals surface area contributed by atoms with E-state index in [1.807, 2.05) is 6.20 Å². The first-order valence-corrected chi connectivity index (χ1v) is 3.93. The third-order valence-corrected chi connectivity index (χ3v) is 1.88. The van der Waals surface area contributed by atoms with Crippen LogP contribution in [0.2, 0.25) is 0 Å². The summed E-state index contributed by atoms with van der Waals surface area (Å²) in [6.07, 6.45) is 3.56. The summed E-state index contributed by atoms with van der Waals surface area (Å²) in [5.41, 5.74) is 2.91. The van der Waals surface area contributed by atoms with Crippen molar-refractivity contribution in [3.63, 3.8) is 0 Å². The molecule has 0 saturated carbocycles. The molecule has 2 aromatic rings. The average Bonchev–Trinajstić information content (AvgIpc) is 2.49. The lowest BCUT2D eigenvalue weighted by Crippen LogP contribution is -1.90. The smallest absolute Gasteiger partial charge is 0.131 e. The molecule has 0 saturated heterocycles. The van der Waals surface area contributed by atoms with Gasteiger partial charge in [-0.3, -0.25) is 4.98 Å². The van der Waals surface area contributed by atoms with E-state index in [-0.39, 0.29) is 0 Å². The van der Waals surface area contributed by atoms with Gasteiger partial charge in [-0.05, 0) is 5.92 Å². The minimum atomic E-state index is 0.436. The number of H-pyrrole nitrogens is 1. The molecule has 0 fully saturated rings. The summed E-state index contributed by atoms with van der Waals surface area (Å²) in [5.74, 6) is 0.436. The van der Waals surface area contributed by atoms with Crippen LogP contribution in [0.5, 0.6) is 0 Å². The molecule has 0 spiro atoms. The maximum absolute atomic E-state index is 4.08. The fourth-order valence-electron chi connectivity index (χ4n) is 1.21. The average molecular weight is 162 g/mol. The molecule has 0 bridgehead atoms. The van der Waals surface area contributed by atoms with Crippen molar-refractivity contribution in [3.8, 4) is 0 Å². The Morgan fingerprint density at radius 1 is 1.25 bits per heavy atom. The minimum absolute atomic E-state index is 0.436. The van der Waals surface area contributed by atoms with Gasteiger partial charge in [0.25, 0.3) is 0 Å². The van der Waals surface area contributed by atoms with Crippen LogP contribution in [0.1, 0.15) is 25.3 Å². The Labute approximate surface area is 70.0 Å². The second-order valence-corrected chi connectivity index (χ2v) is 3.07. The quantitative estimate of drug-likeness (QED) is 0.690. The van der Waals surface area contributed by atoms with Gasteiger partial charge in [-0.1, -0.05) is 13.8 Å². The SMILES string of the molecule is CC(C)c1cncc2n[nH]nc12. The van der Waals surface area contributed by atoms with Gasteiger partial charge < -0.3 is 0 Å². The highest BCUT2D eigenvalue weighted by molar-refractivity contribution is 5.76. The first-order chi connectivity index (χ1) is 5.79. The number of nitrogens with one attached hydrogen (secondary N) is 1. The monoisotopic (exact) mass is 162 g/mol. The van der Waals surface area contributed by atoms with Crippen LogP contribution >= 0.6 is 0 Å². The van der Waals surface area contributed by atoms with E-state index >= 15 is 0 Å². The molecular formula is C8H10N4. The summed E-state index contributed by atoms with van der Waals surface area (Å²) in [5, 5.41) is 10.6. The molecular weight excluding hydrogens is 152 g/mol. The van der Waals surface area contributed by atoms with Gasteiger partial charge in [0.1, 0.15) is 11.0 Å². The van der Waals surface area contributed by atoms with Crippen molar-refractivity contribution in [3.05, 3.63) is 18.0 Å². The van der Waals surface area contributed by atoms with Crippen molar-refractivity contribution in [1.82, 2.24) is 20.4 Å². The molecule has 12 heavy (non-hydrogen) atoms. The van der Waals surface area contributed by atoms with Crippen LogP contribution in [0.4, 0.5) is 0 Å². The molecule has 4 heteroatoms. The number of hydrogen-bond donors (Lipinski definition) is 1. The van der Waals surface area contributed by atoms with Crippen molar-refractivity contribution in [1.29, 1.82) is 0 Å². The molecule has 0 radical (unpaired) electrons. The van der Waals surface area contributed by atoms with Crippen molar-refractivity contribution < 1.29 is 0 Å². The highest BCUT2D eigenvalue weighted by Crippen LogP contribution is 2.19. The van der Waals surface area contributed by atoms with Crippen LogP contribution in [0, 0.1) is 0 Å². The summed E-state index contributed by atoms with van der Waals surface area (Å²) in [6.45, 7) is 4.23. The number of hydrogen-bond acceptors (Lipinski definition) is 3. The second-order valence-electron chi connectivity index (χ2n) is 3.07. The highest BCUT2D eigenvalue weighted by atomic mass is 15.3. The lowest BCUT2D eigenvalue weighted by Gasteiger charge is -2.02. The van der Waals surface area contributed by atoms with E-state index in [2.05, 4.69) is 34.2 Å². The molecule has 2 rings (SSSR count). The van der Waals surface area contributed by atoms with Crippen LogP contribution in [0.15, 0.2) is 12.4 Å². The summed E-state index contributed by atoms with van der Waals surface area (Å²) < 4.78 is 0. The first kappa shape index (κ1) is 7.21. The Hall–Kier alpha value is -1.45. The third-order valence-electron chi connectivity index (χ3n) is 1.88. The van der Waals surface area contributed by atoms with Gasteiger partial charge in [-0.25, -0.2) is 0 Å². The van der Waals surface area contributed by atoms with E-state index in [4.69, 9.17) is 0 Å². The molecule has 1 N–H and O–H groups in total. The summed E-state index contributed by atoms with van der Waals surface area (Å²) >= 11 is 0. The highest BCUT2D eigenvalue weighted by Gasteiger charge is 2.07. The molecule has 2 heterocycles. The van der Waals surface area contributed by atoms with Crippen LogP contribution in [0.3, 0.4) is 0 Å². The number of fused-ring (bicyclic) bond motifs is 1. The Morgan fingerprint density at radius 2 is 2.08 bits per heavy atom. The molecule has 0 atom stereocenters. The zero-order chi connectivity index (χ0) is 8.55. The number of rotatable bonds is 1. The molecule has 0 aromatic carbocycles. The van der Waals surface area contributed by atoms with E-state index in [9.17, 15) is 0 Å². The normalized spacial score (nSPS) is 11.2. The third kappa shape index (κ3) is 0.958. The fraction of sp³-hybridized carbons (Fsp3) is 0.375. The summed E-state index contributed by atoms with van der Waals surface area (Å²) in [4.78, 5) is 4.08. The Bertz CT molecular complexity index is 391. The molecule has 0 aliphatic heterocycles. The number of nitrogens with zero attached hydrogens (tertiary/aromatic N) is 3. The number of aromatic nitrogens is 4. The van der Waals surface area contributed by atoms with Crippen LogP contribution in [-0.4, -0.2) is 20.4 Å². The number of pyridine rings is 1. The molecule has 0 aliphatic carbocycles. The Morgan fingerprint density at radius 3 is 2.83 bits per heavy atom. The van der Waals surface area contributed by atoms with Crippen LogP contribution < -0.4 is 0 Å². The molecule has 0 aliphatic rings. The van der Waals surface area contributed by atoms with Gasteiger partial charge >= 0.3 is 0 Å². The van der Waals surface area contributed by atoms with Gasteiger partial charge in [0.15, 0.2) is 0 Å². The standard InChI is InChI=1S/C8H10N4/c1-5(2)6-3-9-4-7-8(6)11-12-10-7/h3-5H,1-2H3,(H,10,11,12). The Kier molecular flexibility index (Phi) is 1.53. The van der Waals surface area contributed by atoms with Gasteiger partial charge in [0.2, 0.25) is 0 Å². The van der Waals surface area contributed by atoms with Crippen molar-refractivity contribution in [2.24, 2.45) is 0 Å². The largest absolute Gasteiger partial charge is 0.262 e. The predicted molar refractivity (Wildman–Crippen MR) is 45.8 cm³/mol. The van der Waals surface area contributed by atoms with E-state index < -0.39 is 0 Å². The van der Waals surface area contributed by atoms with Crippen molar-refractivity contribution >= 4 is 11.0 Å². The van der Waals surface area contributed by atoms with Gasteiger partial charge in [-0.2, -0.15) is 15.4 Å². The van der Waals surface area contributed by atoms with E-state index in [1.54, 1.807) is 6.20 Å². The lowest BCUT2D eigenvalue weighted by atomic mass is 10.0. The maximum atomic E-state index is 4.08. The van der Waals surface area contributed by atoms with Gasteiger partial charge in [-0.15, -0.1) is 0 Å². The molecule has 62 valence electrons. The lowest BCUT2D eigenvalue weighted by molar-refractivity contribution is 0.862.